The summed E-state index contributed by atoms with van der Waals surface area (Å²) in [6.45, 7) is 2.00. The Balaban J connectivity index is 2.41. The predicted octanol–water partition coefficient (Wildman–Crippen LogP) is 2.80. The minimum absolute atomic E-state index is 0.330. The minimum Gasteiger partial charge on any atom is -0.495 e. The molecule has 0 aliphatic carbocycles. The molecule has 0 saturated heterocycles. The van der Waals surface area contributed by atoms with Crippen molar-refractivity contribution in [1.29, 1.82) is 5.26 Å². The molecule has 0 saturated carbocycles. The molecule has 0 unspecified atom stereocenters. The molecule has 3 rings (SSSR count). The van der Waals surface area contributed by atoms with Crippen LogP contribution in [-0.2, 0) is 0 Å². The fourth-order valence-electron chi connectivity index (χ4n) is 2.45. The Hall–Kier alpha value is -3.00. The average Bonchev–Trinajstić information content (AvgIpc) is 2.80. The lowest BCUT2D eigenvalue weighted by Gasteiger charge is -2.13. The average molecular weight is 278 g/mol. The van der Waals surface area contributed by atoms with Gasteiger partial charge in [0.1, 0.15) is 17.5 Å². The van der Waals surface area contributed by atoms with Gasteiger partial charge in [0.2, 0.25) is 5.95 Å². The molecule has 1 aromatic heterocycles. The summed E-state index contributed by atoms with van der Waals surface area (Å²) < 4.78 is 7.14. The number of hydrogen-bond acceptors (Lipinski definition) is 4. The zero-order valence-corrected chi connectivity index (χ0v) is 11.8. The van der Waals surface area contributed by atoms with Crippen LogP contribution in [0.2, 0.25) is 0 Å². The van der Waals surface area contributed by atoms with Crippen molar-refractivity contribution in [2.75, 3.05) is 12.8 Å². The van der Waals surface area contributed by atoms with Crippen LogP contribution in [0.4, 0.5) is 5.95 Å². The quantitative estimate of drug-likeness (QED) is 0.782. The number of methoxy groups -OCH3 is 1. The van der Waals surface area contributed by atoms with E-state index in [2.05, 4.69) is 11.1 Å². The third-order valence-corrected chi connectivity index (χ3v) is 3.40. The van der Waals surface area contributed by atoms with E-state index < -0.39 is 0 Å². The first kappa shape index (κ1) is 13.0. The molecule has 0 atom stereocenters. The first-order chi connectivity index (χ1) is 10.2. The summed E-state index contributed by atoms with van der Waals surface area (Å²) in [4.78, 5) is 4.38. The van der Waals surface area contributed by atoms with E-state index in [4.69, 9.17) is 10.5 Å². The summed E-state index contributed by atoms with van der Waals surface area (Å²) in [5, 5.41) is 9.36. The van der Waals surface area contributed by atoms with Crippen molar-refractivity contribution in [3.8, 4) is 17.5 Å². The Morgan fingerprint density at radius 3 is 2.81 bits per heavy atom. The molecule has 0 aliphatic rings. The number of imidazole rings is 1. The highest BCUT2D eigenvalue weighted by Crippen LogP contribution is 2.32. The number of nitrogen functional groups attached to an aromatic ring is 1. The molecule has 0 bridgehead atoms. The van der Waals surface area contributed by atoms with Gasteiger partial charge in [0.25, 0.3) is 0 Å². The second kappa shape index (κ2) is 4.84. The summed E-state index contributed by atoms with van der Waals surface area (Å²) in [5.74, 6) is 0.914. The first-order valence-corrected chi connectivity index (χ1v) is 6.47. The molecular formula is C16H14N4O. The van der Waals surface area contributed by atoms with Gasteiger partial charge in [-0.1, -0.05) is 12.1 Å². The molecule has 0 radical (unpaired) electrons. The van der Waals surface area contributed by atoms with Gasteiger partial charge in [-0.05, 0) is 36.8 Å². The summed E-state index contributed by atoms with van der Waals surface area (Å²) in [5.41, 5.74) is 9.92. The Morgan fingerprint density at radius 1 is 1.29 bits per heavy atom. The zero-order valence-electron chi connectivity index (χ0n) is 11.8. The van der Waals surface area contributed by atoms with Crippen molar-refractivity contribution in [2.45, 2.75) is 6.92 Å². The summed E-state index contributed by atoms with van der Waals surface area (Å²) in [6, 6.07) is 13.4. The Bertz CT molecular complexity index is 874. The highest BCUT2D eigenvalue weighted by Gasteiger charge is 2.17. The number of hydrogen-bond donors (Lipinski definition) is 1. The van der Waals surface area contributed by atoms with Gasteiger partial charge in [0.15, 0.2) is 0 Å². The number of nitriles is 1. The fraction of sp³-hybridized carbons (Fsp3) is 0.125. The molecule has 3 aromatic rings. The number of ether oxygens (including phenoxy) is 1. The molecule has 2 N–H and O–H groups in total. The number of benzene rings is 2. The van der Waals surface area contributed by atoms with Crippen LogP contribution in [0.3, 0.4) is 0 Å². The lowest BCUT2D eigenvalue weighted by Crippen LogP contribution is -2.05. The lowest BCUT2D eigenvalue weighted by atomic mass is 10.1. The normalized spacial score (nSPS) is 10.5. The number of para-hydroxylation sites is 1. The molecule has 1 heterocycles. The van der Waals surface area contributed by atoms with E-state index in [1.807, 2.05) is 25.1 Å². The van der Waals surface area contributed by atoms with Crippen LogP contribution >= 0.6 is 0 Å². The van der Waals surface area contributed by atoms with E-state index in [0.29, 0.717) is 22.9 Å². The van der Waals surface area contributed by atoms with E-state index in [0.717, 1.165) is 16.6 Å². The molecule has 0 spiro atoms. The number of fused-ring (bicyclic) bond motifs is 1. The molecule has 5 heteroatoms. The van der Waals surface area contributed by atoms with Crippen LogP contribution in [0.1, 0.15) is 11.1 Å². The van der Waals surface area contributed by atoms with Crippen molar-refractivity contribution in [2.24, 2.45) is 0 Å². The Morgan fingerprint density at radius 2 is 2.10 bits per heavy atom. The Labute approximate surface area is 122 Å². The topological polar surface area (TPSA) is 76.9 Å². The Kier molecular flexibility index (Phi) is 2.99. The smallest absolute Gasteiger partial charge is 0.206 e. The molecule has 5 nitrogen and oxygen atoms in total. The van der Waals surface area contributed by atoms with Crippen LogP contribution < -0.4 is 10.5 Å². The maximum absolute atomic E-state index is 9.36. The van der Waals surface area contributed by atoms with Gasteiger partial charge in [-0.2, -0.15) is 5.26 Å². The number of nitrogens with zero attached hydrogens (tertiary/aromatic N) is 3. The second-order valence-corrected chi connectivity index (χ2v) is 4.77. The number of nitrogens with two attached hydrogens (primary N) is 1. The lowest BCUT2D eigenvalue weighted by molar-refractivity contribution is 0.413. The van der Waals surface area contributed by atoms with Crippen molar-refractivity contribution >= 4 is 17.0 Å². The van der Waals surface area contributed by atoms with Gasteiger partial charge >= 0.3 is 0 Å². The second-order valence-electron chi connectivity index (χ2n) is 4.77. The van der Waals surface area contributed by atoms with E-state index >= 15 is 0 Å². The largest absolute Gasteiger partial charge is 0.495 e. The number of anilines is 1. The van der Waals surface area contributed by atoms with Crippen LogP contribution in [0, 0.1) is 18.3 Å². The van der Waals surface area contributed by atoms with Gasteiger partial charge in [0.05, 0.1) is 23.7 Å². The van der Waals surface area contributed by atoms with E-state index in [1.54, 1.807) is 29.9 Å². The van der Waals surface area contributed by atoms with Gasteiger partial charge in [-0.3, -0.25) is 4.57 Å². The van der Waals surface area contributed by atoms with Gasteiger partial charge in [0, 0.05) is 0 Å². The number of rotatable bonds is 2. The van der Waals surface area contributed by atoms with Crippen LogP contribution in [0.5, 0.6) is 5.75 Å². The maximum Gasteiger partial charge on any atom is 0.206 e. The molecule has 104 valence electrons. The summed E-state index contributed by atoms with van der Waals surface area (Å²) >= 11 is 0. The fourth-order valence-corrected chi connectivity index (χ4v) is 2.45. The third-order valence-electron chi connectivity index (χ3n) is 3.40. The molecule has 0 fully saturated rings. The molecule has 0 aliphatic heterocycles. The van der Waals surface area contributed by atoms with E-state index in [1.165, 1.54) is 0 Å². The number of aryl methyl sites for hydroxylation is 1. The van der Waals surface area contributed by atoms with E-state index in [-0.39, 0.29) is 0 Å². The molecular weight excluding hydrogens is 264 g/mol. The maximum atomic E-state index is 9.36. The molecule has 21 heavy (non-hydrogen) atoms. The highest BCUT2D eigenvalue weighted by molar-refractivity contribution is 5.83. The standard InChI is InChI=1S/C16H14N4O/c1-10-6-7-13-12(8-10)19-16(18)20(13)15-11(9-17)4-3-5-14(15)21-2/h3-8H,1-2H3,(H2,18,19). The zero-order chi connectivity index (χ0) is 15.0. The van der Waals surface area contributed by atoms with Crippen LogP contribution in [0.15, 0.2) is 36.4 Å². The van der Waals surface area contributed by atoms with Crippen molar-refractivity contribution in [1.82, 2.24) is 9.55 Å². The SMILES string of the molecule is COc1cccc(C#N)c1-n1c(N)nc2cc(C)ccc21. The third kappa shape index (κ3) is 1.98. The number of aromatic nitrogens is 2. The van der Waals surface area contributed by atoms with Crippen molar-refractivity contribution in [3.63, 3.8) is 0 Å². The molecule has 0 amide bonds. The molecule has 2 aromatic carbocycles. The predicted molar refractivity (Wildman–Crippen MR) is 81.5 cm³/mol. The van der Waals surface area contributed by atoms with Gasteiger partial charge in [-0.25, -0.2) is 4.98 Å². The van der Waals surface area contributed by atoms with Crippen LogP contribution in [-0.4, -0.2) is 16.7 Å². The van der Waals surface area contributed by atoms with Gasteiger partial charge in [-0.15, -0.1) is 0 Å². The van der Waals surface area contributed by atoms with E-state index in [9.17, 15) is 5.26 Å². The first-order valence-electron chi connectivity index (χ1n) is 6.47. The monoisotopic (exact) mass is 278 g/mol. The van der Waals surface area contributed by atoms with Crippen molar-refractivity contribution in [3.05, 3.63) is 47.5 Å². The van der Waals surface area contributed by atoms with Crippen molar-refractivity contribution < 1.29 is 4.74 Å². The summed E-state index contributed by atoms with van der Waals surface area (Å²) in [7, 11) is 1.57. The van der Waals surface area contributed by atoms with Crippen LogP contribution in [0.25, 0.3) is 16.7 Å². The minimum atomic E-state index is 0.330. The highest BCUT2D eigenvalue weighted by atomic mass is 16.5. The summed E-state index contributed by atoms with van der Waals surface area (Å²) in [6.07, 6.45) is 0. The van der Waals surface area contributed by atoms with Gasteiger partial charge < -0.3 is 10.5 Å².